The molecular weight excluding hydrogens is 238 g/mol. The van der Waals surface area contributed by atoms with Crippen LogP contribution in [0, 0.1) is 5.92 Å². The Labute approximate surface area is 118 Å². The maximum Gasteiger partial charge on any atom is 0.194 e. The monoisotopic (exact) mass is 269 g/mol. The van der Waals surface area contributed by atoms with Crippen LogP contribution in [0.2, 0.25) is 0 Å². The first-order valence-electron chi connectivity index (χ1n) is 7.88. The molecule has 1 N–H and O–H groups in total. The molecule has 1 atom stereocenters. The molecule has 1 heterocycles. The van der Waals surface area contributed by atoms with Gasteiger partial charge in [0, 0.05) is 26.2 Å². The van der Waals surface area contributed by atoms with E-state index >= 15 is 0 Å². The summed E-state index contributed by atoms with van der Waals surface area (Å²) >= 11 is 0. The van der Waals surface area contributed by atoms with Crippen LogP contribution in [0.3, 0.4) is 0 Å². The molecule has 0 aromatic heterocycles. The van der Waals surface area contributed by atoms with Gasteiger partial charge in [0.15, 0.2) is 5.96 Å². The number of hydrogen-bond donors (Lipinski definition) is 1. The highest BCUT2D eigenvalue weighted by atomic mass is 16.5. The minimum absolute atomic E-state index is 0.734. The van der Waals surface area contributed by atoms with Crippen molar-refractivity contribution in [2.45, 2.75) is 46.5 Å². The minimum Gasteiger partial charge on any atom is -0.380 e. The average Bonchev–Trinajstić information content (AvgIpc) is 2.41. The fraction of sp³-hybridized carbons (Fsp3) is 0.933. The van der Waals surface area contributed by atoms with E-state index in [1.165, 1.54) is 19.3 Å². The topological polar surface area (TPSA) is 36.9 Å². The van der Waals surface area contributed by atoms with Gasteiger partial charge in [0.25, 0.3) is 0 Å². The highest BCUT2D eigenvalue weighted by molar-refractivity contribution is 5.80. The average molecular weight is 269 g/mol. The van der Waals surface area contributed by atoms with Crippen LogP contribution in [0.1, 0.15) is 46.5 Å². The summed E-state index contributed by atoms with van der Waals surface area (Å²) in [5.41, 5.74) is 0. The lowest BCUT2D eigenvalue weighted by Crippen LogP contribution is -2.46. The van der Waals surface area contributed by atoms with E-state index in [0.717, 1.165) is 57.7 Å². The fourth-order valence-electron chi connectivity index (χ4n) is 2.37. The second-order valence-corrected chi connectivity index (χ2v) is 5.39. The first-order valence-corrected chi connectivity index (χ1v) is 7.88. The smallest absolute Gasteiger partial charge is 0.194 e. The van der Waals surface area contributed by atoms with Gasteiger partial charge in [-0.3, -0.25) is 4.99 Å². The number of guanidine groups is 1. The van der Waals surface area contributed by atoms with Crippen LogP contribution in [-0.2, 0) is 4.74 Å². The van der Waals surface area contributed by atoms with Gasteiger partial charge < -0.3 is 15.0 Å². The number of piperidine rings is 1. The van der Waals surface area contributed by atoms with Gasteiger partial charge in [0.2, 0.25) is 0 Å². The zero-order valence-corrected chi connectivity index (χ0v) is 13.0. The quantitative estimate of drug-likeness (QED) is 0.438. The van der Waals surface area contributed by atoms with Crippen molar-refractivity contribution < 1.29 is 4.74 Å². The van der Waals surface area contributed by atoms with Crippen LogP contribution in [0.5, 0.6) is 0 Å². The Morgan fingerprint density at radius 1 is 1.37 bits per heavy atom. The van der Waals surface area contributed by atoms with Crippen LogP contribution in [0.15, 0.2) is 4.99 Å². The summed E-state index contributed by atoms with van der Waals surface area (Å²) in [4.78, 5) is 7.07. The molecule has 0 aromatic rings. The van der Waals surface area contributed by atoms with E-state index in [2.05, 4.69) is 36.0 Å². The van der Waals surface area contributed by atoms with Crippen molar-refractivity contribution in [2.75, 3.05) is 39.4 Å². The summed E-state index contributed by atoms with van der Waals surface area (Å²) in [7, 11) is 0. The van der Waals surface area contributed by atoms with E-state index in [1.807, 2.05) is 0 Å². The summed E-state index contributed by atoms with van der Waals surface area (Å²) in [6, 6.07) is 0. The van der Waals surface area contributed by atoms with Gasteiger partial charge in [-0.1, -0.05) is 20.3 Å². The van der Waals surface area contributed by atoms with E-state index in [1.54, 1.807) is 0 Å². The predicted octanol–water partition coefficient (Wildman–Crippen LogP) is 2.50. The van der Waals surface area contributed by atoms with E-state index in [9.17, 15) is 0 Å². The fourth-order valence-corrected chi connectivity index (χ4v) is 2.37. The number of hydrogen-bond acceptors (Lipinski definition) is 2. The summed E-state index contributed by atoms with van der Waals surface area (Å²) < 4.78 is 5.56. The highest BCUT2D eigenvalue weighted by Crippen LogP contribution is 2.15. The molecule has 1 fully saturated rings. The van der Waals surface area contributed by atoms with Crippen molar-refractivity contribution in [3.63, 3.8) is 0 Å². The molecule has 1 rings (SSSR count). The largest absolute Gasteiger partial charge is 0.380 e. The van der Waals surface area contributed by atoms with Gasteiger partial charge in [-0.15, -0.1) is 0 Å². The molecule has 0 saturated carbocycles. The first kappa shape index (κ1) is 16.3. The third-order valence-electron chi connectivity index (χ3n) is 3.43. The predicted molar refractivity (Wildman–Crippen MR) is 81.7 cm³/mol. The number of nitrogens with zero attached hydrogens (tertiary/aromatic N) is 2. The summed E-state index contributed by atoms with van der Waals surface area (Å²) in [5, 5.41) is 3.40. The molecule has 19 heavy (non-hydrogen) atoms. The summed E-state index contributed by atoms with van der Waals surface area (Å²) in [6.07, 6.45) is 4.96. The summed E-state index contributed by atoms with van der Waals surface area (Å²) in [6.45, 7) is 12.2. The summed E-state index contributed by atoms with van der Waals surface area (Å²) in [5.74, 6) is 1.84. The number of rotatable bonds is 7. The van der Waals surface area contributed by atoms with Gasteiger partial charge in [-0.25, -0.2) is 0 Å². The number of ether oxygens (including phenoxy) is 1. The van der Waals surface area contributed by atoms with Crippen LogP contribution < -0.4 is 5.32 Å². The normalized spacial score (nSPS) is 20.7. The van der Waals surface area contributed by atoms with Crippen LogP contribution >= 0.6 is 0 Å². The van der Waals surface area contributed by atoms with E-state index in [0.29, 0.717) is 0 Å². The Balaban J connectivity index is 2.33. The number of aliphatic imine (C=N–C) groups is 1. The first-order chi connectivity index (χ1) is 9.27. The lowest BCUT2D eigenvalue weighted by atomic mass is 10.0. The molecule has 0 spiro atoms. The minimum atomic E-state index is 0.734. The molecule has 1 saturated heterocycles. The van der Waals surface area contributed by atoms with Crippen molar-refractivity contribution >= 4 is 5.96 Å². The maximum absolute atomic E-state index is 5.56. The standard InChI is InChI=1S/C15H31N3O/c1-4-6-11-19-12-9-17-15(16-5-2)18-10-7-8-14(3)13-18/h14H,4-13H2,1-3H3,(H,16,17). The van der Waals surface area contributed by atoms with Crippen LogP contribution in [0.25, 0.3) is 0 Å². The molecule has 4 heteroatoms. The van der Waals surface area contributed by atoms with Gasteiger partial charge in [0.1, 0.15) is 0 Å². The van der Waals surface area contributed by atoms with Crippen LogP contribution in [0.4, 0.5) is 0 Å². The van der Waals surface area contributed by atoms with Gasteiger partial charge >= 0.3 is 0 Å². The molecule has 1 unspecified atom stereocenters. The molecule has 1 aliphatic heterocycles. The molecule has 1 aliphatic rings. The maximum atomic E-state index is 5.56. The molecular formula is C15H31N3O. The van der Waals surface area contributed by atoms with E-state index < -0.39 is 0 Å². The van der Waals surface area contributed by atoms with E-state index in [-0.39, 0.29) is 0 Å². The van der Waals surface area contributed by atoms with E-state index in [4.69, 9.17) is 4.74 Å². The second-order valence-electron chi connectivity index (χ2n) is 5.39. The van der Waals surface area contributed by atoms with Crippen molar-refractivity contribution in [1.29, 1.82) is 0 Å². The second kappa shape index (κ2) is 10.1. The number of unbranched alkanes of at least 4 members (excludes halogenated alkanes) is 1. The molecule has 112 valence electrons. The third-order valence-corrected chi connectivity index (χ3v) is 3.43. The molecule has 0 aliphatic carbocycles. The van der Waals surface area contributed by atoms with Crippen molar-refractivity contribution in [2.24, 2.45) is 10.9 Å². The Morgan fingerprint density at radius 3 is 2.89 bits per heavy atom. The third kappa shape index (κ3) is 6.81. The zero-order chi connectivity index (χ0) is 13.9. The Hall–Kier alpha value is -0.770. The van der Waals surface area contributed by atoms with Gasteiger partial charge in [0.05, 0.1) is 13.2 Å². The molecule has 0 amide bonds. The van der Waals surface area contributed by atoms with Gasteiger partial charge in [-0.2, -0.15) is 0 Å². The highest BCUT2D eigenvalue weighted by Gasteiger charge is 2.18. The van der Waals surface area contributed by atoms with Crippen molar-refractivity contribution in [1.82, 2.24) is 10.2 Å². The molecule has 0 bridgehead atoms. The Kier molecular flexibility index (Phi) is 8.63. The molecule has 0 aromatic carbocycles. The number of nitrogens with one attached hydrogen (secondary N) is 1. The Morgan fingerprint density at radius 2 is 2.21 bits per heavy atom. The molecule has 0 radical (unpaired) electrons. The SMILES string of the molecule is CCCCOCCN=C(NCC)N1CCCC(C)C1. The van der Waals surface area contributed by atoms with Crippen LogP contribution in [-0.4, -0.2) is 50.3 Å². The lowest BCUT2D eigenvalue weighted by Gasteiger charge is -2.33. The number of likely N-dealkylation sites (tertiary alicyclic amines) is 1. The van der Waals surface area contributed by atoms with Crippen molar-refractivity contribution in [3.05, 3.63) is 0 Å². The van der Waals surface area contributed by atoms with Crippen molar-refractivity contribution in [3.8, 4) is 0 Å². The van der Waals surface area contributed by atoms with Gasteiger partial charge in [-0.05, 0) is 32.1 Å². The zero-order valence-electron chi connectivity index (χ0n) is 13.0. The lowest BCUT2D eigenvalue weighted by molar-refractivity contribution is 0.138. The Bertz CT molecular complexity index is 256. The molecule has 4 nitrogen and oxygen atoms in total.